The number of likely N-dealkylation sites (tertiary alicyclic amines) is 1. The van der Waals surface area contributed by atoms with Crippen LogP contribution in [0.2, 0.25) is 0 Å². The van der Waals surface area contributed by atoms with E-state index in [-0.39, 0.29) is 17.7 Å². The lowest BCUT2D eigenvalue weighted by atomic mass is 9.90. The summed E-state index contributed by atoms with van der Waals surface area (Å²) in [5, 5.41) is 0. The molecule has 0 amide bonds. The van der Waals surface area contributed by atoms with E-state index in [2.05, 4.69) is 49.1 Å². The minimum Gasteiger partial charge on any atom is -0.377 e. The topological polar surface area (TPSA) is 38.5 Å². The van der Waals surface area contributed by atoms with Gasteiger partial charge in [-0.2, -0.15) is 0 Å². The number of hydrogen-bond acceptors (Lipinski definition) is 3. The Labute approximate surface area is 116 Å². The molecule has 0 spiro atoms. The summed E-state index contributed by atoms with van der Waals surface area (Å²) < 4.78 is 5.69. The average Bonchev–Trinajstić information content (AvgIpc) is 2.40. The molecule has 1 fully saturated rings. The molecule has 2 N–H and O–H groups in total. The fourth-order valence-electron chi connectivity index (χ4n) is 3.14. The highest BCUT2D eigenvalue weighted by Crippen LogP contribution is 2.31. The molecular formula is C16H26N2O. The highest BCUT2D eigenvalue weighted by atomic mass is 16.5. The van der Waals surface area contributed by atoms with Crippen LogP contribution < -0.4 is 5.73 Å². The van der Waals surface area contributed by atoms with Crippen LogP contribution in [-0.2, 0) is 4.74 Å². The van der Waals surface area contributed by atoms with Gasteiger partial charge in [0.15, 0.2) is 0 Å². The third-order valence-corrected chi connectivity index (χ3v) is 4.21. The van der Waals surface area contributed by atoms with E-state index in [0.29, 0.717) is 0 Å². The van der Waals surface area contributed by atoms with E-state index in [1.165, 1.54) is 12.0 Å². The normalized spacial score (nSPS) is 28.0. The zero-order valence-electron chi connectivity index (χ0n) is 12.3. The first kappa shape index (κ1) is 14.5. The van der Waals surface area contributed by atoms with Gasteiger partial charge in [-0.1, -0.05) is 30.3 Å². The monoisotopic (exact) mass is 262 g/mol. The molecule has 1 aromatic carbocycles. The number of hydrogen-bond donors (Lipinski definition) is 1. The Morgan fingerprint density at radius 2 is 2.00 bits per heavy atom. The second-order valence-electron chi connectivity index (χ2n) is 5.94. The average molecular weight is 262 g/mol. The van der Waals surface area contributed by atoms with E-state index in [4.69, 9.17) is 10.5 Å². The summed E-state index contributed by atoms with van der Waals surface area (Å²) in [6.07, 6.45) is 2.29. The van der Waals surface area contributed by atoms with Gasteiger partial charge in [-0.25, -0.2) is 0 Å². The van der Waals surface area contributed by atoms with E-state index in [9.17, 15) is 0 Å². The Bertz CT molecular complexity index is 393. The summed E-state index contributed by atoms with van der Waals surface area (Å²) in [5.74, 6) is 0. The highest BCUT2D eigenvalue weighted by molar-refractivity contribution is 5.21. The predicted octanol–water partition coefficient (Wildman–Crippen LogP) is 2.58. The summed E-state index contributed by atoms with van der Waals surface area (Å²) in [6.45, 7) is 6.34. The summed E-state index contributed by atoms with van der Waals surface area (Å²) in [4.78, 5) is 2.48. The lowest BCUT2D eigenvalue weighted by Crippen LogP contribution is -2.51. The Morgan fingerprint density at radius 3 is 2.58 bits per heavy atom. The summed E-state index contributed by atoms with van der Waals surface area (Å²) in [7, 11) is 1.81. The van der Waals surface area contributed by atoms with Crippen LogP contribution in [0, 0.1) is 0 Å². The molecule has 1 heterocycles. The number of piperidine rings is 1. The molecule has 3 heteroatoms. The smallest absolute Gasteiger partial charge is 0.0777 e. The molecule has 2 rings (SSSR count). The van der Waals surface area contributed by atoms with Crippen molar-refractivity contribution in [2.45, 2.75) is 44.4 Å². The molecule has 0 aromatic heterocycles. The van der Waals surface area contributed by atoms with Crippen LogP contribution in [0.25, 0.3) is 0 Å². The van der Waals surface area contributed by atoms with Gasteiger partial charge in [-0.3, -0.25) is 4.90 Å². The summed E-state index contributed by atoms with van der Waals surface area (Å²) >= 11 is 0. The standard InChI is InChI=1S/C16H26N2O/c1-13(17)15(14-8-5-4-6-9-14)18-11-7-10-16(2,12-18)19-3/h4-6,8-9,13,15H,7,10-12,17H2,1-3H3. The molecule has 3 atom stereocenters. The second-order valence-corrected chi connectivity index (χ2v) is 5.94. The van der Waals surface area contributed by atoms with Crippen molar-refractivity contribution in [2.75, 3.05) is 20.2 Å². The van der Waals surface area contributed by atoms with Crippen molar-refractivity contribution < 1.29 is 4.74 Å². The summed E-state index contributed by atoms with van der Waals surface area (Å²) in [5.41, 5.74) is 7.51. The van der Waals surface area contributed by atoms with Gasteiger partial charge in [0.05, 0.1) is 5.60 Å². The first-order chi connectivity index (χ1) is 9.06. The maximum atomic E-state index is 6.25. The van der Waals surface area contributed by atoms with Gasteiger partial charge < -0.3 is 10.5 Å². The van der Waals surface area contributed by atoms with E-state index < -0.39 is 0 Å². The van der Waals surface area contributed by atoms with Crippen molar-refractivity contribution in [1.29, 1.82) is 0 Å². The van der Waals surface area contributed by atoms with Crippen molar-refractivity contribution in [3.05, 3.63) is 35.9 Å². The molecule has 1 aliphatic heterocycles. The van der Waals surface area contributed by atoms with E-state index in [0.717, 1.165) is 19.5 Å². The third-order valence-electron chi connectivity index (χ3n) is 4.21. The molecular weight excluding hydrogens is 236 g/mol. The first-order valence-corrected chi connectivity index (χ1v) is 7.15. The van der Waals surface area contributed by atoms with Gasteiger partial charge in [0.25, 0.3) is 0 Å². The number of ether oxygens (including phenoxy) is 1. The molecule has 19 heavy (non-hydrogen) atoms. The van der Waals surface area contributed by atoms with Gasteiger partial charge in [-0.15, -0.1) is 0 Å². The largest absolute Gasteiger partial charge is 0.377 e. The lowest BCUT2D eigenvalue weighted by Gasteiger charge is -2.44. The van der Waals surface area contributed by atoms with E-state index in [1.54, 1.807) is 0 Å². The minimum absolute atomic E-state index is 0.0415. The van der Waals surface area contributed by atoms with Crippen LogP contribution in [0.15, 0.2) is 30.3 Å². The lowest BCUT2D eigenvalue weighted by molar-refractivity contribution is -0.0637. The third kappa shape index (κ3) is 3.35. The highest BCUT2D eigenvalue weighted by Gasteiger charge is 2.35. The summed E-state index contributed by atoms with van der Waals surface area (Å²) in [6, 6.07) is 11.0. The Balaban J connectivity index is 2.20. The molecule has 1 aromatic rings. The number of rotatable bonds is 4. The molecule has 0 radical (unpaired) electrons. The first-order valence-electron chi connectivity index (χ1n) is 7.15. The van der Waals surface area contributed by atoms with Crippen LogP contribution in [0.5, 0.6) is 0 Å². The number of nitrogens with two attached hydrogens (primary N) is 1. The molecule has 0 saturated carbocycles. The number of benzene rings is 1. The quantitative estimate of drug-likeness (QED) is 0.906. The van der Waals surface area contributed by atoms with Gasteiger partial charge in [-0.05, 0) is 38.8 Å². The molecule has 106 valence electrons. The van der Waals surface area contributed by atoms with Crippen molar-refractivity contribution in [2.24, 2.45) is 5.73 Å². The van der Waals surface area contributed by atoms with Crippen molar-refractivity contribution >= 4 is 0 Å². The van der Waals surface area contributed by atoms with Gasteiger partial charge in [0, 0.05) is 25.7 Å². The predicted molar refractivity (Wildman–Crippen MR) is 79.1 cm³/mol. The molecule has 0 bridgehead atoms. The molecule has 1 aliphatic rings. The molecule has 1 saturated heterocycles. The zero-order chi connectivity index (χ0) is 13.9. The van der Waals surface area contributed by atoms with Crippen LogP contribution in [0.1, 0.15) is 38.3 Å². The fraction of sp³-hybridized carbons (Fsp3) is 0.625. The number of methoxy groups -OCH3 is 1. The Kier molecular flexibility index (Phi) is 4.61. The maximum absolute atomic E-state index is 6.25. The second kappa shape index (κ2) is 6.04. The molecule has 3 nitrogen and oxygen atoms in total. The number of nitrogens with zero attached hydrogens (tertiary/aromatic N) is 1. The molecule has 0 aliphatic carbocycles. The molecule has 3 unspecified atom stereocenters. The van der Waals surface area contributed by atoms with Gasteiger partial charge >= 0.3 is 0 Å². The Hall–Kier alpha value is -0.900. The van der Waals surface area contributed by atoms with Crippen LogP contribution >= 0.6 is 0 Å². The van der Waals surface area contributed by atoms with Gasteiger partial charge in [0.2, 0.25) is 0 Å². The Morgan fingerprint density at radius 1 is 1.32 bits per heavy atom. The van der Waals surface area contributed by atoms with E-state index >= 15 is 0 Å². The van der Waals surface area contributed by atoms with Crippen molar-refractivity contribution in [1.82, 2.24) is 4.90 Å². The van der Waals surface area contributed by atoms with Gasteiger partial charge in [0.1, 0.15) is 0 Å². The maximum Gasteiger partial charge on any atom is 0.0777 e. The van der Waals surface area contributed by atoms with Crippen LogP contribution in [-0.4, -0.2) is 36.7 Å². The zero-order valence-corrected chi connectivity index (χ0v) is 12.3. The van der Waals surface area contributed by atoms with Crippen molar-refractivity contribution in [3.63, 3.8) is 0 Å². The van der Waals surface area contributed by atoms with Crippen LogP contribution in [0.3, 0.4) is 0 Å². The fourth-order valence-corrected chi connectivity index (χ4v) is 3.14. The van der Waals surface area contributed by atoms with Crippen molar-refractivity contribution in [3.8, 4) is 0 Å². The SMILES string of the molecule is COC1(C)CCCN(C(c2ccccc2)C(C)N)C1. The van der Waals surface area contributed by atoms with E-state index in [1.807, 2.05) is 7.11 Å². The van der Waals surface area contributed by atoms with Crippen LogP contribution in [0.4, 0.5) is 0 Å². The minimum atomic E-state index is -0.0415.